The van der Waals surface area contributed by atoms with Gasteiger partial charge in [-0.15, -0.1) is 0 Å². The van der Waals surface area contributed by atoms with Gasteiger partial charge in [0.1, 0.15) is 0 Å². The summed E-state index contributed by atoms with van der Waals surface area (Å²) in [7, 11) is 2.02. The second-order valence-electron chi connectivity index (χ2n) is 8.48. The van der Waals surface area contributed by atoms with Crippen LogP contribution >= 0.6 is 0 Å². The third-order valence-electron chi connectivity index (χ3n) is 5.64. The van der Waals surface area contributed by atoms with Crippen molar-refractivity contribution in [3.05, 3.63) is 30.1 Å². The molecule has 1 aliphatic carbocycles. The van der Waals surface area contributed by atoms with Gasteiger partial charge in [0.15, 0.2) is 0 Å². The van der Waals surface area contributed by atoms with E-state index in [1.165, 1.54) is 19.4 Å². The number of aromatic nitrogens is 1. The van der Waals surface area contributed by atoms with Crippen LogP contribution in [0.4, 0.5) is 0 Å². The van der Waals surface area contributed by atoms with E-state index in [0.29, 0.717) is 18.5 Å². The van der Waals surface area contributed by atoms with Gasteiger partial charge in [-0.25, -0.2) is 0 Å². The van der Waals surface area contributed by atoms with Gasteiger partial charge < -0.3 is 4.90 Å². The summed E-state index contributed by atoms with van der Waals surface area (Å²) in [6, 6.07) is 4.50. The lowest BCUT2D eigenvalue weighted by Crippen LogP contribution is -2.48. The molecule has 5 nitrogen and oxygen atoms in total. The van der Waals surface area contributed by atoms with Crippen LogP contribution in [0.1, 0.15) is 38.7 Å². The van der Waals surface area contributed by atoms with Crippen molar-refractivity contribution in [2.75, 3.05) is 39.8 Å². The summed E-state index contributed by atoms with van der Waals surface area (Å²) >= 11 is 0. The van der Waals surface area contributed by atoms with Crippen molar-refractivity contribution in [3.63, 3.8) is 0 Å². The normalized spacial score (nSPS) is 22.0. The molecule has 1 aromatic rings. The highest BCUT2D eigenvalue weighted by molar-refractivity contribution is 5.78. The summed E-state index contributed by atoms with van der Waals surface area (Å²) in [5, 5.41) is 0. The minimum atomic E-state index is 0.260. The molecule has 0 N–H and O–H groups in total. The molecule has 1 amide bonds. The van der Waals surface area contributed by atoms with Gasteiger partial charge in [-0.1, -0.05) is 19.9 Å². The highest BCUT2D eigenvalue weighted by Crippen LogP contribution is 2.31. The van der Waals surface area contributed by atoms with Crippen LogP contribution < -0.4 is 0 Å². The molecular formula is C21H34N4O. The van der Waals surface area contributed by atoms with Crippen LogP contribution in [0.5, 0.6) is 0 Å². The molecule has 3 rings (SSSR count). The van der Waals surface area contributed by atoms with Crippen molar-refractivity contribution in [1.29, 1.82) is 0 Å². The van der Waals surface area contributed by atoms with E-state index in [0.717, 1.165) is 44.1 Å². The maximum Gasteiger partial charge on any atom is 0.236 e. The summed E-state index contributed by atoms with van der Waals surface area (Å²) in [6.07, 6.45) is 7.53. The maximum absolute atomic E-state index is 12.9. The van der Waals surface area contributed by atoms with E-state index in [2.05, 4.69) is 39.6 Å². The highest BCUT2D eigenvalue weighted by atomic mass is 16.2. The molecule has 1 aliphatic heterocycles. The molecule has 0 aromatic carbocycles. The number of rotatable bonds is 7. The Morgan fingerprint density at radius 1 is 1.35 bits per heavy atom. The quantitative estimate of drug-likeness (QED) is 0.751. The standard InChI is InChI=1S/C21H34N4O/c1-17(2)20-15-25(11-5-10-24(20)14-18-7-8-18)21(26)16-23(3)13-19-6-4-9-22-12-19/h4,6,9,12,17-18,20H,5,7-8,10-11,13-16H2,1-3H3. The molecule has 2 heterocycles. The fourth-order valence-electron chi connectivity index (χ4n) is 3.97. The zero-order chi connectivity index (χ0) is 18.5. The van der Waals surface area contributed by atoms with E-state index >= 15 is 0 Å². The molecule has 1 unspecified atom stereocenters. The lowest BCUT2D eigenvalue weighted by molar-refractivity contribution is -0.132. The van der Waals surface area contributed by atoms with Crippen LogP contribution in [0.3, 0.4) is 0 Å². The summed E-state index contributed by atoms with van der Waals surface area (Å²) in [5.74, 6) is 1.75. The molecule has 1 atom stereocenters. The average molecular weight is 359 g/mol. The van der Waals surface area contributed by atoms with E-state index in [4.69, 9.17) is 0 Å². The Balaban J connectivity index is 1.55. The van der Waals surface area contributed by atoms with Crippen LogP contribution in [0, 0.1) is 11.8 Å². The zero-order valence-corrected chi connectivity index (χ0v) is 16.6. The van der Waals surface area contributed by atoms with Crippen molar-refractivity contribution in [2.45, 2.75) is 45.7 Å². The highest BCUT2D eigenvalue weighted by Gasteiger charge is 2.33. The molecular weight excluding hydrogens is 324 g/mol. The molecule has 5 heteroatoms. The largest absolute Gasteiger partial charge is 0.340 e. The van der Waals surface area contributed by atoms with E-state index < -0.39 is 0 Å². The molecule has 2 aliphatic rings. The number of hydrogen-bond donors (Lipinski definition) is 0. The third kappa shape index (κ3) is 5.52. The Morgan fingerprint density at radius 2 is 2.15 bits per heavy atom. The van der Waals surface area contributed by atoms with Crippen molar-refractivity contribution in [3.8, 4) is 0 Å². The van der Waals surface area contributed by atoms with Crippen LogP contribution in [0.2, 0.25) is 0 Å². The van der Waals surface area contributed by atoms with Gasteiger partial charge in [-0.05, 0) is 49.8 Å². The first-order chi connectivity index (χ1) is 12.5. The summed E-state index contributed by atoms with van der Waals surface area (Å²) in [6.45, 7) is 9.96. The third-order valence-corrected chi connectivity index (χ3v) is 5.64. The predicted octanol–water partition coefficient (Wildman–Crippen LogP) is 2.48. The van der Waals surface area contributed by atoms with Gasteiger partial charge >= 0.3 is 0 Å². The van der Waals surface area contributed by atoms with E-state index in [1.807, 2.05) is 19.3 Å². The number of carbonyl (C=O) groups excluding carboxylic acids is 1. The van der Waals surface area contributed by atoms with Gasteiger partial charge in [0.05, 0.1) is 6.54 Å². The molecule has 26 heavy (non-hydrogen) atoms. The topological polar surface area (TPSA) is 39.7 Å². The summed E-state index contributed by atoms with van der Waals surface area (Å²) in [4.78, 5) is 23.9. The van der Waals surface area contributed by atoms with Crippen LogP contribution in [-0.2, 0) is 11.3 Å². The molecule has 2 fully saturated rings. The lowest BCUT2D eigenvalue weighted by atomic mass is 10.0. The van der Waals surface area contributed by atoms with Gasteiger partial charge in [0, 0.05) is 51.2 Å². The van der Waals surface area contributed by atoms with Crippen molar-refractivity contribution < 1.29 is 4.79 Å². The smallest absolute Gasteiger partial charge is 0.236 e. The lowest BCUT2D eigenvalue weighted by Gasteiger charge is -2.35. The second-order valence-corrected chi connectivity index (χ2v) is 8.48. The monoisotopic (exact) mass is 358 g/mol. The Labute approximate surface area is 158 Å². The molecule has 1 saturated heterocycles. The average Bonchev–Trinajstić information content (AvgIpc) is 3.43. The molecule has 144 valence electrons. The second kappa shape index (κ2) is 8.96. The first kappa shape index (κ1) is 19.3. The SMILES string of the molecule is CC(C)C1CN(C(=O)CN(C)Cc2cccnc2)CCCN1CC1CC1. The molecule has 1 saturated carbocycles. The number of hydrogen-bond acceptors (Lipinski definition) is 4. The van der Waals surface area contributed by atoms with Crippen molar-refractivity contribution in [2.24, 2.45) is 11.8 Å². The van der Waals surface area contributed by atoms with Gasteiger partial charge in [-0.3, -0.25) is 19.6 Å². The van der Waals surface area contributed by atoms with E-state index in [9.17, 15) is 4.79 Å². The number of amides is 1. The minimum Gasteiger partial charge on any atom is -0.340 e. The van der Waals surface area contributed by atoms with Gasteiger partial charge in [0.25, 0.3) is 0 Å². The van der Waals surface area contributed by atoms with E-state index in [1.54, 1.807) is 6.20 Å². The zero-order valence-electron chi connectivity index (χ0n) is 16.6. The maximum atomic E-state index is 12.9. The number of nitrogens with zero attached hydrogens (tertiary/aromatic N) is 4. The van der Waals surface area contributed by atoms with Crippen molar-refractivity contribution >= 4 is 5.91 Å². The fraction of sp³-hybridized carbons (Fsp3) is 0.714. The van der Waals surface area contributed by atoms with Gasteiger partial charge in [-0.2, -0.15) is 0 Å². The van der Waals surface area contributed by atoms with Crippen LogP contribution in [-0.4, -0.2) is 71.4 Å². The Hall–Kier alpha value is -1.46. The van der Waals surface area contributed by atoms with E-state index in [-0.39, 0.29) is 5.91 Å². The number of pyridine rings is 1. The Morgan fingerprint density at radius 3 is 2.81 bits per heavy atom. The first-order valence-electron chi connectivity index (χ1n) is 10.1. The number of carbonyl (C=O) groups is 1. The van der Waals surface area contributed by atoms with Crippen LogP contribution in [0.25, 0.3) is 0 Å². The molecule has 0 radical (unpaired) electrons. The Kier molecular flexibility index (Phi) is 6.65. The first-order valence-corrected chi connectivity index (χ1v) is 10.1. The number of likely N-dealkylation sites (N-methyl/N-ethyl adjacent to an activating group) is 1. The minimum absolute atomic E-state index is 0.260. The van der Waals surface area contributed by atoms with Gasteiger partial charge in [0.2, 0.25) is 5.91 Å². The molecule has 1 aromatic heterocycles. The Bertz CT molecular complexity index is 573. The van der Waals surface area contributed by atoms with Crippen LogP contribution in [0.15, 0.2) is 24.5 Å². The molecule has 0 spiro atoms. The predicted molar refractivity (Wildman–Crippen MR) is 105 cm³/mol. The fourth-order valence-corrected chi connectivity index (χ4v) is 3.97. The summed E-state index contributed by atoms with van der Waals surface area (Å²) in [5.41, 5.74) is 1.15. The van der Waals surface area contributed by atoms with Crippen molar-refractivity contribution in [1.82, 2.24) is 19.7 Å². The molecule has 0 bridgehead atoms. The summed E-state index contributed by atoms with van der Waals surface area (Å²) < 4.78 is 0.